The van der Waals surface area contributed by atoms with Gasteiger partial charge in [0.2, 0.25) is 5.82 Å². The molecule has 0 radical (unpaired) electrons. The molecule has 1 heterocycles. The molecular weight excluding hydrogens is 870 g/mol. The zero-order valence-corrected chi connectivity index (χ0v) is 38.6. The Morgan fingerprint density at radius 2 is 0.500 bits per heavy atom. The molecule has 66 heavy (non-hydrogen) atoms. The first kappa shape index (κ1) is 45.7. The van der Waals surface area contributed by atoms with Crippen LogP contribution in [0.25, 0.3) is 27.5 Å². The van der Waals surface area contributed by atoms with Crippen molar-refractivity contribution in [1.82, 2.24) is 4.57 Å². The SMILES string of the molecule is CC.CC.Fc1c(F)c(F)c(-n2c3ccc(S(c4ccccc4)(c4ccccc4)c4ccccc4)cc3c3cc(S(c4ccccc4)(c4ccccc4)c4ccccc4)ccc32)c(F)c1F. The predicted molar refractivity (Wildman–Crippen MR) is 263 cm³/mol. The Hall–Kier alpha value is -6.87. The molecule has 0 saturated heterocycles. The largest absolute Gasteiger partial charge is 0.304 e. The highest BCUT2D eigenvalue weighted by atomic mass is 32.3. The number of nitrogens with zero attached hydrogens (tertiary/aromatic N) is 1. The summed E-state index contributed by atoms with van der Waals surface area (Å²) in [6, 6.07) is 73.0. The van der Waals surface area contributed by atoms with Crippen LogP contribution in [0.1, 0.15) is 27.7 Å². The summed E-state index contributed by atoms with van der Waals surface area (Å²) in [5, 5.41) is 1.18. The zero-order chi connectivity index (χ0) is 46.4. The highest BCUT2D eigenvalue weighted by Crippen LogP contribution is 2.75. The van der Waals surface area contributed by atoms with Crippen LogP contribution in [0.15, 0.2) is 258 Å². The number of fused-ring (bicyclic) bond motifs is 3. The maximum absolute atomic E-state index is 16.2. The average Bonchev–Trinajstić information content (AvgIpc) is 3.71. The van der Waals surface area contributed by atoms with Crippen LogP contribution >= 0.6 is 20.1 Å². The highest BCUT2D eigenvalue weighted by molar-refractivity contribution is 8.34. The fourth-order valence-corrected chi connectivity index (χ4v) is 16.6. The van der Waals surface area contributed by atoms with Gasteiger partial charge in [-0.15, -0.1) is 20.1 Å². The molecule has 1 aromatic heterocycles. The maximum Gasteiger partial charge on any atom is 0.200 e. The van der Waals surface area contributed by atoms with Gasteiger partial charge in [0.05, 0.1) is 11.0 Å². The maximum atomic E-state index is 16.2. The molecule has 0 aliphatic heterocycles. The molecule has 0 amide bonds. The number of halogens is 5. The van der Waals surface area contributed by atoms with Crippen LogP contribution in [-0.2, 0) is 0 Å². The molecule has 10 aromatic rings. The fraction of sp³-hybridized carbons (Fsp3) is 0.0690. The van der Waals surface area contributed by atoms with Crippen molar-refractivity contribution >= 4 is 41.9 Å². The molecule has 9 aromatic carbocycles. The van der Waals surface area contributed by atoms with E-state index in [2.05, 4.69) is 84.9 Å². The number of benzene rings is 9. The minimum atomic E-state index is -2.25. The molecule has 10 rings (SSSR count). The second kappa shape index (κ2) is 19.7. The molecule has 332 valence electrons. The van der Waals surface area contributed by atoms with Crippen molar-refractivity contribution in [2.24, 2.45) is 0 Å². The Labute approximate surface area is 386 Å². The van der Waals surface area contributed by atoms with Gasteiger partial charge in [-0.05, 0) is 109 Å². The normalized spacial score (nSPS) is 11.9. The van der Waals surface area contributed by atoms with Crippen LogP contribution in [0.4, 0.5) is 22.0 Å². The topological polar surface area (TPSA) is 4.93 Å². The van der Waals surface area contributed by atoms with E-state index in [9.17, 15) is 4.39 Å². The van der Waals surface area contributed by atoms with E-state index in [0.717, 1.165) is 39.2 Å². The van der Waals surface area contributed by atoms with Gasteiger partial charge in [0.15, 0.2) is 23.3 Å². The minimum Gasteiger partial charge on any atom is -0.304 e. The van der Waals surface area contributed by atoms with Crippen LogP contribution < -0.4 is 0 Å². The van der Waals surface area contributed by atoms with E-state index in [-0.39, 0.29) is 11.0 Å². The summed E-state index contributed by atoms with van der Waals surface area (Å²) in [6.45, 7) is 8.00. The lowest BCUT2D eigenvalue weighted by Crippen LogP contribution is -2.10. The number of rotatable bonds is 9. The van der Waals surface area contributed by atoms with Crippen molar-refractivity contribution in [3.8, 4) is 5.69 Å². The van der Waals surface area contributed by atoms with E-state index in [1.165, 1.54) is 4.57 Å². The third kappa shape index (κ3) is 7.48. The van der Waals surface area contributed by atoms with Crippen LogP contribution in [0.5, 0.6) is 0 Å². The molecule has 1 nitrogen and oxygen atoms in total. The van der Waals surface area contributed by atoms with Crippen molar-refractivity contribution in [2.45, 2.75) is 66.9 Å². The number of hydrogen-bond acceptors (Lipinski definition) is 0. The zero-order valence-electron chi connectivity index (χ0n) is 36.9. The van der Waals surface area contributed by atoms with Crippen molar-refractivity contribution in [3.05, 3.63) is 247 Å². The number of aromatic nitrogens is 1. The number of hydrogen-bond donors (Lipinski definition) is 0. The molecule has 0 aliphatic rings. The Bertz CT molecular complexity index is 2810. The second-order valence-electron chi connectivity index (χ2n) is 14.7. The molecule has 0 aliphatic carbocycles. The summed E-state index contributed by atoms with van der Waals surface area (Å²) < 4.78 is 78.5. The van der Waals surface area contributed by atoms with Gasteiger partial charge in [-0.1, -0.05) is 137 Å². The summed E-state index contributed by atoms with van der Waals surface area (Å²) >= 11 is 0. The van der Waals surface area contributed by atoms with E-state index >= 15 is 17.6 Å². The van der Waals surface area contributed by atoms with Gasteiger partial charge in [0.25, 0.3) is 0 Å². The first-order valence-corrected chi connectivity index (χ1v) is 25.2. The molecule has 0 saturated carbocycles. The summed E-state index contributed by atoms with van der Waals surface area (Å²) in [5.74, 6) is -10.1. The molecule has 0 fully saturated rings. The van der Waals surface area contributed by atoms with Crippen LogP contribution in [0, 0.1) is 29.1 Å². The summed E-state index contributed by atoms with van der Waals surface area (Å²) in [5.41, 5.74) is -0.472. The van der Waals surface area contributed by atoms with Gasteiger partial charge >= 0.3 is 0 Å². The van der Waals surface area contributed by atoms with Crippen LogP contribution in [0.2, 0.25) is 0 Å². The minimum absolute atomic E-state index is 0.284. The average molecular weight is 918 g/mol. The summed E-state index contributed by atoms with van der Waals surface area (Å²) in [7, 11) is -4.50. The van der Waals surface area contributed by atoms with E-state index in [4.69, 9.17) is 0 Å². The molecule has 0 atom stereocenters. The standard InChI is InChI=1S/C54H36F5NS2.2C2H6/c55-49-50(56)52(58)54(53(59)51(49)57)60-47-33-31-43(61(37-19-7-1-8-20-37,38-21-9-2-10-22-38)39-23-11-3-12-24-39)35-45(47)46-36-44(32-34-48(46)60)62(40-25-13-4-14-26-40,41-27-15-5-16-28-41)42-29-17-6-18-30-42;2*1-2/h1-36H;2*1-2H3. The predicted octanol–water partition coefficient (Wildman–Crippen LogP) is 18.2. The Morgan fingerprint density at radius 3 is 0.742 bits per heavy atom. The van der Waals surface area contributed by atoms with Crippen molar-refractivity contribution < 1.29 is 22.0 Å². The fourth-order valence-electron chi connectivity index (χ4n) is 8.77. The van der Waals surface area contributed by atoms with Crippen LogP contribution in [-0.4, -0.2) is 4.57 Å². The quantitative estimate of drug-likeness (QED) is 0.0772. The van der Waals surface area contributed by atoms with Gasteiger partial charge in [-0.3, -0.25) is 0 Å². The van der Waals surface area contributed by atoms with Gasteiger partial charge in [0, 0.05) is 49.9 Å². The van der Waals surface area contributed by atoms with E-state index in [1.54, 1.807) is 12.1 Å². The molecule has 0 spiro atoms. The molecule has 0 bridgehead atoms. The molecule has 0 N–H and O–H groups in total. The van der Waals surface area contributed by atoms with Gasteiger partial charge in [0.1, 0.15) is 5.69 Å². The molecule has 0 unspecified atom stereocenters. The highest BCUT2D eigenvalue weighted by Gasteiger charge is 2.37. The monoisotopic (exact) mass is 917 g/mol. The van der Waals surface area contributed by atoms with Crippen LogP contribution in [0.3, 0.4) is 0 Å². The lowest BCUT2D eigenvalue weighted by molar-refractivity contribution is 0.376. The second-order valence-corrected chi connectivity index (χ2v) is 20.9. The lowest BCUT2D eigenvalue weighted by atomic mass is 10.1. The Balaban J connectivity index is 0.00000144. The summed E-state index contributed by atoms with van der Waals surface area (Å²) in [6.07, 6.45) is 0. The molecule has 8 heteroatoms. The molecular formula is C58H48F5NS2. The first-order chi connectivity index (χ1) is 32.4. The summed E-state index contributed by atoms with van der Waals surface area (Å²) in [4.78, 5) is 8.18. The third-order valence-electron chi connectivity index (χ3n) is 11.4. The van der Waals surface area contributed by atoms with Crippen molar-refractivity contribution in [2.75, 3.05) is 0 Å². The van der Waals surface area contributed by atoms with E-state index < -0.39 is 54.8 Å². The lowest BCUT2D eigenvalue weighted by Gasteiger charge is -2.42. The Kier molecular flexibility index (Phi) is 13.6. The van der Waals surface area contributed by atoms with E-state index in [0.29, 0.717) is 10.8 Å². The van der Waals surface area contributed by atoms with Gasteiger partial charge < -0.3 is 4.57 Å². The van der Waals surface area contributed by atoms with E-state index in [1.807, 2.05) is 149 Å². The van der Waals surface area contributed by atoms with Crippen molar-refractivity contribution in [3.63, 3.8) is 0 Å². The Morgan fingerprint density at radius 1 is 0.273 bits per heavy atom. The first-order valence-electron chi connectivity index (χ1n) is 21.9. The van der Waals surface area contributed by atoms with Gasteiger partial charge in [-0.25, -0.2) is 22.0 Å². The third-order valence-corrected chi connectivity index (χ3v) is 19.2. The van der Waals surface area contributed by atoms with Gasteiger partial charge in [-0.2, -0.15) is 0 Å². The smallest absolute Gasteiger partial charge is 0.200 e. The van der Waals surface area contributed by atoms with Crippen molar-refractivity contribution in [1.29, 1.82) is 0 Å².